The van der Waals surface area contributed by atoms with E-state index in [1.165, 1.54) is 7.11 Å². The summed E-state index contributed by atoms with van der Waals surface area (Å²) in [5.41, 5.74) is 3.09. The van der Waals surface area contributed by atoms with Crippen LogP contribution in [0.1, 0.15) is 12.0 Å². The number of anilines is 1. The van der Waals surface area contributed by atoms with Gasteiger partial charge in [0.25, 0.3) is 0 Å². The number of nitrogens with one attached hydrogen (secondary N) is 2. The number of carbonyl (C=O) groups excluding carboxylic acids is 1. The van der Waals surface area contributed by atoms with Gasteiger partial charge in [-0.05, 0) is 42.2 Å². The van der Waals surface area contributed by atoms with Crippen molar-refractivity contribution in [3.63, 3.8) is 0 Å². The zero-order valence-electron chi connectivity index (χ0n) is 15.7. The van der Waals surface area contributed by atoms with Crippen LogP contribution in [0.4, 0.5) is 14.6 Å². The Labute approximate surface area is 163 Å². The van der Waals surface area contributed by atoms with Gasteiger partial charge in [0.2, 0.25) is 5.91 Å². The topological polar surface area (TPSA) is 84.3 Å². The lowest BCUT2D eigenvalue weighted by Crippen LogP contribution is -2.15. The van der Waals surface area contributed by atoms with Gasteiger partial charge in [-0.1, -0.05) is 0 Å². The summed E-state index contributed by atoms with van der Waals surface area (Å²) in [7, 11) is 1.42. The first-order valence-corrected chi connectivity index (χ1v) is 9.11. The van der Waals surface area contributed by atoms with E-state index in [9.17, 15) is 13.6 Å². The summed E-state index contributed by atoms with van der Waals surface area (Å²) in [5, 5.41) is 14.5. The number of alkyl halides is 1. The number of aromatic amines is 1. The van der Waals surface area contributed by atoms with Crippen LogP contribution in [-0.2, 0) is 4.79 Å². The fourth-order valence-corrected chi connectivity index (χ4v) is 3.67. The number of amides is 1. The predicted octanol–water partition coefficient (Wildman–Crippen LogP) is 3.63. The summed E-state index contributed by atoms with van der Waals surface area (Å²) in [4.78, 5) is 11.9. The van der Waals surface area contributed by atoms with Crippen LogP contribution in [0.25, 0.3) is 27.5 Å². The second-order valence-electron chi connectivity index (χ2n) is 7.17. The zero-order chi connectivity index (χ0) is 20.3. The highest BCUT2D eigenvalue weighted by Gasteiger charge is 2.43. The van der Waals surface area contributed by atoms with Crippen LogP contribution < -0.4 is 10.1 Å². The molecule has 1 amide bonds. The molecule has 0 radical (unpaired) electrons. The Bertz CT molecular complexity index is 1280. The van der Waals surface area contributed by atoms with Crippen molar-refractivity contribution in [2.75, 3.05) is 12.4 Å². The van der Waals surface area contributed by atoms with E-state index < -0.39 is 17.9 Å². The average Bonchev–Trinajstić information content (AvgIpc) is 3.08. The second kappa shape index (κ2) is 6.26. The van der Waals surface area contributed by atoms with Crippen molar-refractivity contribution in [1.82, 2.24) is 19.8 Å². The predicted molar refractivity (Wildman–Crippen MR) is 103 cm³/mol. The first kappa shape index (κ1) is 17.6. The summed E-state index contributed by atoms with van der Waals surface area (Å²) >= 11 is 0. The average molecular weight is 397 g/mol. The summed E-state index contributed by atoms with van der Waals surface area (Å²) in [6.07, 6.45) is 2.55. The number of benzene rings is 1. The number of ether oxygens (including phenoxy) is 1. The Morgan fingerprint density at radius 2 is 2.21 bits per heavy atom. The number of aromatic nitrogens is 4. The molecule has 4 aromatic rings. The number of hydrogen-bond donors (Lipinski definition) is 2. The van der Waals surface area contributed by atoms with Gasteiger partial charge < -0.3 is 10.1 Å². The summed E-state index contributed by atoms with van der Waals surface area (Å²) < 4.78 is 34.7. The molecule has 7 nitrogen and oxygen atoms in total. The van der Waals surface area contributed by atoms with Gasteiger partial charge in [-0.2, -0.15) is 10.2 Å². The number of pyridine rings is 1. The summed E-state index contributed by atoms with van der Waals surface area (Å²) in [5.74, 6) is -0.937. The molecule has 0 aliphatic heterocycles. The maximum absolute atomic E-state index is 14.9. The summed E-state index contributed by atoms with van der Waals surface area (Å²) in [6, 6.07) is 5.35. The van der Waals surface area contributed by atoms with Crippen molar-refractivity contribution in [1.29, 1.82) is 0 Å². The van der Waals surface area contributed by atoms with Crippen LogP contribution in [0.5, 0.6) is 5.75 Å². The SMILES string of the molecule is COc1c(F)c(C)c(-c2ccn3nc(NC(=O)C4CC4F)cc3c2)c2cn[nH]c12. The van der Waals surface area contributed by atoms with Gasteiger partial charge in [0, 0.05) is 17.6 Å². The van der Waals surface area contributed by atoms with E-state index in [2.05, 4.69) is 20.6 Å². The molecule has 2 N–H and O–H groups in total. The molecule has 3 heterocycles. The van der Waals surface area contributed by atoms with Crippen molar-refractivity contribution >= 4 is 28.1 Å². The molecule has 1 fully saturated rings. The number of rotatable bonds is 4. The molecule has 148 valence electrons. The van der Waals surface area contributed by atoms with Gasteiger partial charge in [0.1, 0.15) is 11.7 Å². The van der Waals surface area contributed by atoms with E-state index in [1.807, 2.05) is 12.1 Å². The van der Waals surface area contributed by atoms with Gasteiger partial charge in [-0.3, -0.25) is 9.89 Å². The lowest BCUT2D eigenvalue weighted by Gasteiger charge is -2.13. The number of carbonyl (C=O) groups is 1. The Balaban J connectivity index is 1.58. The molecule has 1 aliphatic carbocycles. The monoisotopic (exact) mass is 397 g/mol. The van der Waals surface area contributed by atoms with Gasteiger partial charge in [-0.25, -0.2) is 13.3 Å². The largest absolute Gasteiger partial charge is 0.491 e. The van der Waals surface area contributed by atoms with E-state index in [4.69, 9.17) is 4.74 Å². The third-order valence-corrected chi connectivity index (χ3v) is 5.30. The minimum atomic E-state index is -1.07. The number of halogens is 2. The molecule has 0 bridgehead atoms. The Kier molecular flexibility index (Phi) is 3.80. The van der Waals surface area contributed by atoms with E-state index in [-0.39, 0.29) is 18.1 Å². The normalized spacial score (nSPS) is 18.3. The van der Waals surface area contributed by atoms with Crippen molar-refractivity contribution < 1.29 is 18.3 Å². The fraction of sp³-hybridized carbons (Fsp3) is 0.250. The van der Waals surface area contributed by atoms with Crippen molar-refractivity contribution in [2.24, 2.45) is 5.92 Å². The van der Waals surface area contributed by atoms with Crippen molar-refractivity contribution in [2.45, 2.75) is 19.5 Å². The number of H-pyrrole nitrogens is 1. The third kappa shape index (κ3) is 2.72. The number of nitrogens with zero attached hydrogens (tertiary/aromatic N) is 3. The van der Waals surface area contributed by atoms with Crippen molar-refractivity contribution in [3.8, 4) is 16.9 Å². The lowest BCUT2D eigenvalue weighted by molar-refractivity contribution is -0.117. The molecule has 2 unspecified atom stereocenters. The fourth-order valence-electron chi connectivity index (χ4n) is 3.67. The maximum Gasteiger partial charge on any atom is 0.231 e. The minimum absolute atomic E-state index is 0.125. The number of hydrogen-bond acceptors (Lipinski definition) is 4. The Hall–Kier alpha value is -3.49. The van der Waals surface area contributed by atoms with Crippen LogP contribution in [-0.4, -0.2) is 39.0 Å². The van der Waals surface area contributed by atoms with E-state index in [0.29, 0.717) is 28.0 Å². The van der Waals surface area contributed by atoms with E-state index >= 15 is 0 Å². The first-order chi connectivity index (χ1) is 14.0. The lowest BCUT2D eigenvalue weighted by atomic mass is 9.96. The molecule has 2 atom stereocenters. The van der Waals surface area contributed by atoms with Crippen molar-refractivity contribution in [3.05, 3.63) is 42.0 Å². The van der Waals surface area contributed by atoms with E-state index in [0.717, 1.165) is 10.9 Å². The van der Waals surface area contributed by atoms with Crippen LogP contribution in [0.15, 0.2) is 30.6 Å². The molecule has 9 heteroatoms. The molecule has 0 spiro atoms. The van der Waals surface area contributed by atoms with E-state index in [1.54, 1.807) is 29.9 Å². The number of methoxy groups -OCH3 is 1. The quantitative estimate of drug-likeness (QED) is 0.551. The van der Waals surface area contributed by atoms with Crippen LogP contribution in [0.2, 0.25) is 0 Å². The highest BCUT2D eigenvalue weighted by atomic mass is 19.1. The highest BCUT2D eigenvalue weighted by molar-refractivity contribution is 6.00. The van der Waals surface area contributed by atoms with Gasteiger partial charge in [0.15, 0.2) is 17.4 Å². The van der Waals surface area contributed by atoms with Crippen LogP contribution in [0.3, 0.4) is 0 Å². The highest BCUT2D eigenvalue weighted by Crippen LogP contribution is 2.39. The Morgan fingerprint density at radius 1 is 1.41 bits per heavy atom. The molecule has 1 aromatic carbocycles. The zero-order valence-corrected chi connectivity index (χ0v) is 15.7. The van der Waals surface area contributed by atoms with Gasteiger partial charge in [-0.15, -0.1) is 0 Å². The molecule has 1 saturated carbocycles. The number of fused-ring (bicyclic) bond motifs is 2. The second-order valence-corrected chi connectivity index (χ2v) is 7.17. The maximum atomic E-state index is 14.9. The smallest absolute Gasteiger partial charge is 0.231 e. The van der Waals surface area contributed by atoms with Gasteiger partial charge >= 0.3 is 0 Å². The van der Waals surface area contributed by atoms with Gasteiger partial charge in [0.05, 0.1) is 24.7 Å². The molecule has 0 saturated heterocycles. The minimum Gasteiger partial charge on any atom is -0.491 e. The molecular weight excluding hydrogens is 380 g/mol. The molecule has 29 heavy (non-hydrogen) atoms. The standard InChI is InChI=1S/C20H17F2N5O2/c1-9-16(13-8-23-25-18(13)19(29-2)17(9)22)10-3-4-27-11(5-10)6-15(26-27)24-20(28)12-7-14(12)21/h3-6,8,12,14H,7H2,1-2H3,(H,23,25)(H,24,26,28). The first-order valence-electron chi connectivity index (χ1n) is 9.11. The van der Waals surface area contributed by atoms with Crippen LogP contribution >= 0.6 is 0 Å². The molecule has 3 aromatic heterocycles. The summed E-state index contributed by atoms with van der Waals surface area (Å²) in [6.45, 7) is 1.69. The molecular formula is C20H17F2N5O2. The third-order valence-electron chi connectivity index (χ3n) is 5.30. The van der Waals surface area contributed by atoms with Crippen LogP contribution in [0, 0.1) is 18.7 Å². The Morgan fingerprint density at radius 3 is 2.93 bits per heavy atom. The molecule has 5 rings (SSSR count). The molecule has 1 aliphatic rings.